The molecule has 1 unspecified atom stereocenters. The monoisotopic (exact) mass is 365 g/mol. The zero-order chi connectivity index (χ0) is 17.9. The van der Waals surface area contributed by atoms with Crippen LogP contribution in [0.15, 0.2) is 29.2 Å². The Balaban J connectivity index is 1.59. The van der Waals surface area contributed by atoms with Crippen molar-refractivity contribution in [2.75, 3.05) is 26.7 Å². The molecule has 0 spiro atoms. The fourth-order valence-corrected chi connectivity index (χ4v) is 5.30. The molecule has 2 fully saturated rings. The van der Waals surface area contributed by atoms with Crippen LogP contribution < -0.4 is 4.72 Å². The standard InChI is InChI=1S/C19H31N3O2S/c1-3-22-13-12-17(15-22)20-25(23,24)19-10-8-16(9-11-19)14-21(2)18-6-4-5-7-18/h8-11,17-18,20H,3-7,12-15H2,1-2H3. The van der Waals surface area contributed by atoms with Crippen molar-refractivity contribution in [2.24, 2.45) is 0 Å². The van der Waals surface area contributed by atoms with Gasteiger partial charge in [-0.3, -0.25) is 4.90 Å². The molecular weight excluding hydrogens is 334 g/mol. The van der Waals surface area contributed by atoms with Crippen LogP contribution in [0.1, 0.15) is 44.6 Å². The fraction of sp³-hybridized carbons (Fsp3) is 0.684. The molecular formula is C19H31N3O2S. The van der Waals surface area contributed by atoms with Crippen LogP contribution in [-0.2, 0) is 16.6 Å². The molecule has 1 aromatic rings. The molecule has 0 amide bonds. The number of nitrogens with zero attached hydrogens (tertiary/aromatic N) is 2. The van der Waals surface area contributed by atoms with Crippen molar-refractivity contribution in [1.29, 1.82) is 0 Å². The summed E-state index contributed by atoms with van der Waals surface area (Å²) >= 11 is 0. The topological polar surface area (TPSA) is 52.7 Å². The third-order valence-corrected chi connectivity index (χ3v) is 7.19. The van der Waals surface area contributed by atoms with Gasteiger partial charge in [-0.15, -0.1) is 0 Å². The molecule has 1 saturated heterocycles. The van der Waals surface area contributed by atoms with Gasteiger partial charge in [-0.2, -0.15) is 0 Å². The average Bonchev–Trinajstić information content (AvgIpc) is 3.26. The molecule has 1 heterocycles. The predicted molar refractivity (Wildman–Crippen MR) is 101 cm³/mol. The van der Waals surface area contributed by atoms with Crippen LogP contribution in [0.25, 0.3) is 0 Å². The highest BCUT2D eigenvalue weighted by molar-refractivity contribution is 7.89. The number of hydrogen-bond donors (Lipinski definition) is 1. The van der Waals surface area contributed by atoms with Crippen molar-refractivity contribution in [2.45, 2.75) is 62.6 Å². The van der Waals surface area contributed by atoms with Gasteiger partial charge in [-0.25, -0.2) is 13.1 Å². The fourth-order valence-electron chi connectivity index (χ4n) is 4.04. The minimum absolute atomic E-state index is 0.0260. The summed E-state index contributed by atoms with van der Waals surface area (Å²) < 4.78 is 28.0. The molecule has 1 aliphatic heterocycles. The third-order valence-electron chi connectivity index (χ3n) is 5.66. The van der Waals surface area contributed by atoms with Gasteiger partial charge in [0.25, 0.3) is 0 Å². The number of sulfonamides is 1. The highest BCUT2D eigenvalue weighted by Gasteiger charge is 2.26. The first-order valence-corrected chi connectivity index (χ1v) is 11.0. The minimum atomic E-state index is -3.43. The molecule has 0 bridgehead atoms. The second-order valence-corrected chi connectivity index (χ2v) is 9.21. The van der Waals surface area contributed by atoms with Crippen molar-refractivity contribution < 1.29 is 8.42 Å². The molecule has 0 aromatic heterocycles. The van der Waals surface area contributed by atoms with Gasteiger partial charge in [0, 0.05) is 25.2 Å². The quantitative estimate of drug-likeness (QED) is 0.806. The largest absolute Gasteiger partial charge is 0.302 e. The lowest BCUT2D eigenvalue weighted by atomic mass is 10.1. The van der Waals surface area contributed by atoms with E-state index >= 15 is 0 Å². The lowest BCUT2D eigenvalue weighted by Crippen LogP contribution is -2.37. The zero-order valence-electron chi connectivity index (χ0n) is 15.4. The van der Waals surface area contributed by atoms with Gasteiger partial charge < -0.3 is 4.90 Å². The van der Waals surface area contributed by atoms with E-state index in [9.17, 15) is 8.42 Å². The van der Waals surface area contributed by atoms with Crippen LogP contribution in [0.5, 0.6) is 0 Å². The minimum Gasteiger partial charge on any atom is -0.302 e. The van der Waals surface area contributed by atoms with Gasteiger partial charge in [-0.1, -0.05) is 31.9 Å². The number of hydrogen-bond acceptors (Lipinski definition) is 4. The second-order valence-electron chi connectivity index (χ2n) is 7.50. The second kappa shape index (κ2) is 8.16. The Bertz CT molecular complexity index is 654. The van der Waals surface area contributed by atoms with Crippen molar-refractivity contribution in [3.63, 3.8) is 0 Å². The first-order valence-electron chi connectivity index (χ1n) is 9.52. The molecule has 1 aromatic carbocycles. The van der Waals surface area contributed by atoms with Crippen molar-refractivity contribution in [3.05, 3.63) is 29.8 Å². The number of likely N-dealkylation sites (N-methyl/N-ethyl adjacent to an activating group) is 1. The van der Waals surface area contributed by atoms with Crippen LogP contribution in [0.4, 0.5) is 0 Å². The van der Waals surface area contributed by atoms with Crippen LogP contribution in [0.2, 0.25) is 0 Å². The van der Waals surface area contributed by atoms with Crippen LogP contribution in [-0.4, -0.2) is 57.0 Å². The van der Waals surface area contributed by atoms with Crippen LogP contribution >= 0.6 is 0 Å². The van der Waals surface area contributed by atoms with E-state index < -0.39 is 10.0 Å². The summed E-state index contributed by atoms with van der Waals surface area (Å²) in [4.78, 5) is 5.04. The Morgan fingerprint density at radius 2 is 1.84 bits per heavy atom. The molecule has 1 N–H and O–H groups in total. The maximum atomic E-state index is 12.6. The van der Waals surface area contributed by atoms with Gasteiger partial charge in [-0.05, 0) is 57.1 Å². The van der Waals surface area contributed by atoms with Crippen molar-refractivity contribution in [1.82, 2.24) is 14.5 Å². The van der Waals surface area contributed by atoms with E-state index in [-0.39, 0.29) is 6.04 Å². The summed E-state index contributed by atoms with van der Waals surface area (Å²) in [6.45, 7) is 5.74. The SMILES string of the molecule is CCN1CCC(NS(=O)(=O)c2ccc(CN(C)C3CCCC3)cc2)C1. The van der Waals surface area contributed by atoms with E-state index in [1.807, 2.05) is 12.1 Å². The summed E-state index contributed by atoms with van der Waals surface area (Å²) in [6.07, 6.45) is 6.10. The maximum Gasteiger partial charge on any atom is 0.240 e. The number of rotatable bonds is 7. The summed E-state index contributed by atoms with van der Waals surface area (Å²) in [5.74, 6) is 0. The van der Waals surface area contributed by atoms with Crippen LogP contribution in [0.3, 0.4) is 0 Å². The molecule has 5 nitrogen and oxygen atoms in total. The maximum absolute atomic E-state index is 12.6. The summed E-state index contributed by atoms with van der Waals surface area (Å²) in [6, 6.07) is 8.09. The highest BCUT2D eigenvalue weighted by Crippen LogP contribution is 2.24. The van der Waals surface area contributed by atoms with Gasteiger partial charge in [0.15, 0.2) is 0 Å². The Morgan fingerprint density at radius 1 is 1.16 bits per heavy atom. The van der Waals surface area contributed by atoms with Gasteiger partial charge >= 0.3 is 0 Å². The van der Waals surface area contributed by atoms with E-state index in [1.54, 1.807) is 12.1 Å². The molecule has 1 saturated carbocycles. The summed E-state index contributed by atoms with van der Waals surface area (Å²) in [5, 5.41) is 0. The highest BCUT2D eigenvalue weighted by atomic mass is 32.2. The van der Waals surface area contributed by atoms with Crippen LogP contribution in [0, 0.1) is 0 Å². The lowest BCUT2D eigenvalue weighted by molar-refractivity contribution is 0.237. The molecule has 25 heavy (non-hydrogen) atoms. The Hall–Kier alpha value is -0.950. The number of nitrogens with one attached hydrogen (secondary N) is 1. The van der Waals surface area contributed by atoms with Crippen molar-refractivity contribution >= 4 is 10.0 Å². The Kier molecular flexibility index (Phi) is 6.15. The molecule has 140 valence electrons. The first kappa shape index (κ1) is 18.8. The predicted octanol–water partition coefficient (Wildman–Crippen LogP) is 2.43. The Labute approximate surface area is 152 Å². The smallest absolute Gasteiger partial charge is 0.240 e. The Morgan fingerprint density at radius 3 is 2.44 bits per heavy atom. The number of benzene rings is 1. The normalized spacial score (nSPS) is 22.9. The van der Waals surface area contributed by atoms with Crippen molar-refractivity contribution in [3.8, 4) is 0 Å². The third kappa shape index (κ3) is 4.82. The summed E-state index contributed by atoms with van der Waals surface area (Å²) in [7, 11) is -1.26. The molecule has 1 aliphatic carbocycles. The van der Waals surface area contributed by atoms with Gasteiger partial charge in [0.1, 0.15) is 0 Å². The van der Waals surface area contributed by atoms with Gasteiger partial charge in [0.2, 0.25) is 10.0 Å². The molecule has 2 aliphatic rings. The molecule has 0 radical (unpaired) electrons. The van der Waals surface area contributed by atoms with Gasteiger partial charge in [0.05, 0.1) is 4.90 Å². The van der Waals surface area contributed by atoms with E-state index in [0.29, 0.717) is 10.9 Å². The van der Waals surface area contributed by atoms with E-state index in [2.05, 4.69) is 28.5 Å². The van der Waals surface area contributed by atoms with E-state index in [0.717, 1.165) is 32.6 Å². The molecule has 3 rings (SSSR count). The molecule has 1 atom stereocenters. The first-order chi connectivity index (χ1) is 12.0. The average molecular weight is 366 g/mol. The number of likely N-dealkylation sites (tertiary alicyclic amines) is 1. The van der Waals surface area contributed by atoms with E-state index in [4.69, 9.17) is 0 Å². The van der Waals surface area contributed by atoms with E-state index in [1.165, 1.54) is 31.2 Å². The molecule has 6 heteroatoms. The lowest BCUT2D eigenvalue weighted by Gasteiger charge is -2.24. The zero-order valence-corrected chi connectivity index (χ0v) is 16.3. The summed E-state index contributed by atoms with van der Waals surface area (Å²) in [5.41, 5.74) is 1.17.